The third kappa shape index (κ3) is 4.82. The van der Waals surface area contributed by atoms with Gasteiger partial charge >= 0.3 is 0 Å². The van der Waals surface area contributed by atoms with E-state index in [0.717, 1.165) is 51.3 Å². The van der Waals surface area contributed by atoms with Crippen molar-refractivity contribution in [1.82, 2.24) is 24.5 Å². The van der Waals surface area contributed by atoms with Crippen LogP contribution < -0.4 is 0 Å². The maximum atomic E-state index is 13.6. The Hall–Kier alpha value is -2.34. The Morgan fingerprint density at radius 3 is 2.54 bits per heavy atom. The van der Waals surface area contributed by atoms with E-state index >= 15 is 0 Å². The van der Waals surface area contributed by atoms with E-state index in [9.17, 15) is 17.6 Å². The number of halogens is 1. The zero-order valence-electron chi connectivity index (χ0n) is 21.0. The molecule has 9 nitrogen and oxygen atoms in total. The molecule has 6 rings (SSSR count). The van der Waals surface area contributed by atoms with E-state index in [-0.39, 0.29) is 23.4 Å². The fraction of sp³-hybridized carbons (Fsp3) is 0.615. The summed E-state index contributed by atoms with van der Waals surface area (Å²) in [4.78, 5) is 20.2. The van der Waals surface area contributed by atoms with Crippen LogP contribution in [0.15, 0.2) is 29.2 Å². The molecule has 5 heterocycles. The van der Waals surface area contributed by atoms with Crippen molar-refractivity contribution in [2.45, 2.75) is 42.1 Å². The number of alkyl halides is 1. The van der Waals surface area contributed by atoms with Gasteiger partial charge in [-0.05, 0) is 31.9 Å². The van der Waals surface area contributed by atoms with Gasteiger partial charge in [-0.3, -0.25) is 19.3 Å². The Morgan fingerprint density at radius 2 is 1.78 bits per heavy atom. The molecule has 1 amide bonds. The minimum Gasteiger partial charge on any atom is -0.378 e. The fourth-order valence-corrected chi connectivity index (χ4v) is 7.74. The van der Waals surface area contributed by atoms with Crippen molar-refractivity contribution in [2.24, 2.45) is 0 Å². The van der Waals surface area contributed by atoms with Gasteiger partial charge in [0.25, 0.3) is 5.91 Å². The highest BCUT2D eigenvalue weighted by Crippen LogP contribution is 2.41. The first-order valence-electron chi connectivity index (χ1n) is 13.3. The largest absolute Gasteiger partial charge is 0.378 e. The molecule has 200 valence electrons. The molecule has 2 atom stereocenters. The zero-order chi connectivity index (χ0) is 25.6. The predicted octanol–water partition coefficient (Wildman–Crippen LogP) is 1.99. The second-order valence-corrected chi connectivity index (χ2v) is 12.5. The number of benzene rings is 1. The van der Waals surface area contributed by atoms with Gasteiger partial charge in [0.15, 0.2) is 15.5 Å². The quantitative estimate of drug-likeness (QED) is 0.583. The SMILES string of the molecule is O=C(c1nn([C@H]2CCCN(CCN3CC[C@H](F)C3)C2)c2c1CS(=O)(=O)c1ccccc1-2)N1CCOCC1. The van der Waals surface area contributed by atoms with E-state index in [0.29, 0.717) is 55.3 Å². The number of carbonyl (C=O) groups excluding carboxylic acids is 1. The zero-order valence-corrected chi connectivity index (χ0v) is 21.8. The first kappa shape index (κ1) is 25.0. The van der Waals surface area contributed by atoms with Crippen LogP contribution in [-0.2, 0) is 20.3 Å². The molecule has 4 aliphatic rings. The molecule has 0 saturated carbocycles. The van der Waals surface area contributed by atoms with Gasteiger partial charge in [-0.1, -0.05) is 18.2 Å². The normalized spacial score (nSPS) is 26.1. The van der Waals surface area contributed by atoms with Gasteiger partial charge in [0.2, 0.25) is 0 Å². The van der Waals surface area contributed by atoms with Gasteiger partial charge in [-0.25, -0.2) is 12.8 Å². The molecule has 0 unspecified atom stereocenters. The van der Waals surface area contributed by atoms with E-state index < -0.39 is 16.0 Å². The molecule has 37 heavy (non-hydrogen) atoms. The van der Waals surface area contributed by atoms with Crippen molar-refractivity contribution < 1.29 is 22.3 Å². The molecule has 4 aliphatic heterocycles. The summed E-state index contributed by atoms with van der Waals surface area (Å²) >= 11 is 0. The standard InChI is InChI=1S/C26H34FN5O4S/c27-19-7-9-30(16-19)11-10-29-8-3-4-20(17-29)32-25-21-5-1-2-6-23(21)37(34,35)18-22(25)24(28-32)26(33)31-12-14-36-15-13-31/h1-2,5-6,19-20H,3-4,7-18H2/t19-,20-/m0/s1. The number of morpholine rings is 1. The molecule has 0 spiro atoms. The van der Waals surface area contributed by atoms with Gasteiger partial charge < -0.3 is 9.64 Å². The van der Waals surface area contributed by atoms with E-state index in [1.165, 1.54) is 0 Å². The maximum absolute atomic E-state index is 13.6. The number of hydrogen-bond donors (Lipinski definition) is 0. The number of ether oxygens (including phenoxy) is 1. The van der Waals surface area contributed by atoms with E-state index in [4.69, 9.17) is 9.84 Å². The molecule has 3 fully saturated rings. The summed E-state index contributed by atoms with van der Waals surface area (Å²) in [5.74, 6) is -0.448. The monoisotopic (exact) mass is 531 g/mol. The number of carbonyl (C=O) groups is 1. The van der Waals surface area contributed by atoms with Crippen LogP contribution in [0.25, 0.3) is 11.3 Å². The average molecular weight is 532 g/mol. The highest BCUT2D eigenvalue weighted by molar-refractivity contribution is 7.90. The van der Waals surface area contributed by atoms with Crippen molar-refractivity contribution in [3.63, 3.8) is 0 Å². The number of piperidine rings is 1. The number of fused-ring (bicyclic) bond motifs is 3. The topological polar surface area (TPSA) is 88.0 Å². The van der Waals surface area contributed by atoms with Gasteiger partial charge in [0.05, 0.1) is 35.6 Å². The molecule has 0 radical (unpaired) electrons. The van der Waals surface area contributed by atoms with Gasteiger partial charge in [-0.2, -0.15) is 5.10 Å². The maximum Gasteiger partial charge on any atom is 0.274 e. The molecular weight excluding hydrogens is 497 g/mol. The summed E-state index contributed by atoms with van der Waals surface area (Å²) in [7, 11) is -3.59. The van der Waals surface area contributed by atoms with Crippen LogP contribution in [0.1, 0.15) is 41.4 Å². The average Bonchev–Trinajstić information content (AvgIpc) is 3.51. The Balaban J connectivity index is 1.33. The van der Waals surface area contributed by atoms with Crippen molar-refractivity contribution in [1.29, 1.82) is 0 Å². The predicted molar refractivity (Wildman–Crippen MR) is 136 cm³/mol. The third-order valence-electron chi connectivity index (χ3n) is 8.09. The second kappa shape index (κ2) is 10.1. The van der Waals surface area contributed by atoms with Crippen LogP contribution in [0.4, 0.5) is 4.39 Å². The van der Waals surface area contributed by atoms with E-state index in [2.05, 4.69) is 9.80 Å². The number of nitrogens with zero attached hydrogens (tertiary/aromatic N) is 5. The molecule has 1 aromatic heterocycles. The van der Waals surface area contributed by atoms with Crippen molar-refractivity contribution in [3.05, 3.63) is 35.5 Å². The number of rotatable bonds is 5. The van der Waals surface area contributed by atoms with Crippen LogP contribution in [0.3, 0.4) is 0 Å². The van der Waals surface area contributed by atoms with E-state index in [1.807, 2.05) is 16.8 Å². The van der Waals surface area contributed by atoms with E-state index in [1.54, 1.807) is 17.0 Å². The lowest BCUT2D eigenvalue weighted by molar-refractivity contribution is 0.0297. The van der Waals surface area contributed by atoms with Gasteiger partial charge in [0, 0.05) is 56.9 Å². The molecule has 3 saturated heterocycles. The summed E-state index contributed by atoms with van der Waals surface area (Å²) in [6.07, 6.45) is 1.78. The summed E-state index contributed by atoms with van der Waals surface area (Å²) in [6.45, 7) is 6.63. The van der Waals surface area contributed by atoms with Gasteiger partial charge in [-0.15, -0.1) is 0 Å². The van der Waals surface area contributed by atoms with Crippen molar-refractivity contribution in [3.8, 4) is 11.3 Å². The number of hydrogen-bond acceptors (Lipinski definition) is 7. The van der Waals surface area contributed by atoms with Crippen LogP contribution in [0.2, 0.25) is 0 Å². The van der Waals surface area contributed by atoms with Crippen LogP contribution in [0, 0.1) is 0 Å². The lowest BCUT2D eigenvalue weighted by Crippen LogP contribution is -2.42. The number of sulfone groups is 1. The minimum absolute atomic E-state index is 0.0232. The first-order chi connectivity index (χ1) is 17.9. The van der Waals surface area contributed by atoms with Gasteiger partial charge in [0.1, 0.15) is 6.17 Å². The molecule has 0 bridgehead atoms. The van der Waals surface area contributed by atoms with Crippen LogP contribution in [0.5, 0.6) is 0 Å². The molecule has 0 aliphatic carbocycles. The molecule has 1 aromatic carbocycles. The Kier molecular flexibility index (Phi) is 6.81. The lowest BCUT2D eigenvalue weighted by Gasteiger charge is -2.35. The molecule has 2 aromatic rings. The number of amides is 1. The summed E-state index contributed by atoms with van der Waals surface area (Å²) < 4.78 is 47.4. The smallest absolute Gasteiger partial charge is 0.274 e. The Bertz CT molecular complexity index is 1280. The molecule has 0 N–H and O–H groups in total. The second-order valence-electron chi connectivity index (χ2n) is 10.6. The summed E-state index contributed by atoms with van der Waals surface area (Å²) in [5.41, 5.74) is 2.14. The third-order valence-corrected chi connectivity index (χ3v) is 9.79. The van der Waals surface area contributed by atoms with Crippen molar-refractivity contribution in [2.75, 3.05) is 65.6 Å². The lowest BCUT2D eigenvalue weighted by atomic mass is 10.0. The van der Waals surface area contributed by atoms with Crippen molar-refractivity contribution >= 4 is 15.7 Å². The van der Waals surface area contributed by atoms with Crippen LogP contribution in [-0.4, -0.2) is 111 Å². The molecular formula is C26H34FN5O4S. The summed E-state index contributed by atoms with van der Waals surface area (Å²) in [6, 6.07) is 7.08. The number of aromatic nitrogens is 2. The highest BCUT2D eigenvalue weighted by Gasteiger charge is 2.39. The summed E-state index contributed by atoms with van der Waals surface area (Å²) in [5, 5.41) is 4.87. The Morgan fingerprint density at radius 1 is 1.03 bits per heavy atom. The highest BCUT2D eigenvalue weighted by atomic mass is 32.2. The fourth-order valence-electron chi connectivity index (χ4n) is 6.15. The molecule has 11 heteroatoms. The number of likely N-dealkylation sites (tertiary alicyclic amines) is 2. The minimum atomic E-state index is -3.59. The first-order valence-corrected chi connectivity index (χ1v) is 15.0. The van der Waals surface area contributed by atoms with Crippen LogP contribution >= 0.6 is 0 Å². The Labute approximate surface area is 217 Å².